The van der Waals surface area contributed by atoms with Crippen LogP contribution in [0.1, 0.15) is 42.5 Å². The number of carbonyl (C=O) groups is 1. The SMILES string of the molecule is O=C(NC1CCCCC1)c1cccc(-c2ccccc2Br)c1. The van der Waals surface area contributed by atoms with Gasteiger partial charge in [0.25, 0.3) is 5.91 Å². The summed E-state index contributed by atoms with van der Waals surface area (Å²) < 4.78 is 1.04. The normalized spacial score (nSPS) is 15.5. The van der Waals surface area contributed by atoms with Gasteiger partial charge in [0, 0.05) is 16.1 Å². The van der Waals surface area contributed by atoms with Crippen LogP contribution in [-0.2, 0) is 0 Å². The van der Waals surface area contributed by atoms with Gasteiger partial charge in [-0.25, -0.2) is 0 Å². The van der Waals surface area contributed by atoms with Gasteiger partial charge in [-0.15, -0.1) is 0 Å². The predicted octanol–water partition coefficient (Wildman–Crippen LogP) is 5.18. The van der Waals surface area contributed by atoms with E-state index in [1.165, 1.54) is 19.3 Å². The smallest absolute Gasteiger partial charge is 0.251 e. The second-order valence-electron chi connectivity index (χ2n) is 5.87. The lowest BCUT2D eigenvalue weighted by atomic mass is 9.95. The Labute approximate surface area is 140 Å². The molecule has 0 heterocycles. The highest BCUT2D eigenvalue weighted by Gasteiger charge is 2.17. The van der Waals surface area contributed by atoms with Crippen molar-refractivity contribution in [1.82, 2.24) is 5.32 Å². The maximum absolute atomic E-state index is 12.5. The average molecular weight is 358 g/mol. The molecule has 1 aliphatic rings. The average Bonchev–Trinajstić information content (AvgIpc) is 2.56. The van der Waals surface area contributed by atoms with Gasteiger partial charge in [-0.05, 0) is 42.2 Å². The fourth-order valence-corrected chi connectivity index (χ4v) is 3.55. The van der Waals surface area contributed by atoms with Gasteiger partial charge in [-0.1, -0.05) is 65.5 Å². The van der Waals surface area contributed by atoms with E-state index in [2.05, 4.69) is 27.3 Å². The second-order valence-corrected chi connectivity index (χ2v) is 6.72. The lowest BCUT2D eigenvalue weighted by molar-refractivity contribution is 0.0928. The number of hydrogen-bond acceptors (Lipinski definition) is 1. The maximum atomic E-state index is 12.5. The molecule has 3 heteroatoms. The van der Waals surface area contributed by atoms with Crippen molar-refractivity contribution >= 4 is 21.8 Å². The topological polar surface area (TPSA) is 29.1 Å². The molecule has 1 saturated carbocycles. The Morgan fingerprint density at radius 2 is 1.77 bits per heavy atom. The Kier molecular flexibility index (Phi) is 4.94. The Morgan fingerprint density at radius 1 is 1.00 bits per heavy atom. The van der Waals surface area contributed by atoms with E-state index in [1.54, 1.807) is 0 Å². The Hall–Kier alpha value is -1.61. The summed E-state index contributed by atoms with van der Waals surface area (Å²) >= 11 is 3.57. The lowest BCUT2D eigenvalue weighted by Gasteiger charge is -2.22. The molecular formula is C19H20BrNO. The van der Waals surface area contributed by atoms with Crippen LogP contribution in [0.2, 0.25) is 0 Å². The minimum absolute atomic E-state index is 0.0424. The van der Waals surface area contributed by atoms with E-state index in [-0.39, 0.29) is 5.91 Å². The van der Waals surface area contributed by atoms with Crippen LogP contribution in [0.15, 0.2) is 53.0 Å². The van der Waals surface area contributed by atoms with Crippen molar-refractivity contribution in [3.8, 4) is 11.1 Å². The van der Waals surface area contributed by atoms with Gasteiger partial charge < -0.3 is 5.32 Å². The molecule has 0 unspecified atom stereocenters. The Balaban J connectivity index is 1.79. The highest BCUT2D eigenvalue weighted by Crippen LogP contribution is 2.28. The Bertz CT molecular complexity index is 662. The molecule has 0 radical (unpaired) electrons. The first-order valence-corrected chi connectivity index (χ1v) is 8.69. The van der Waals surface area contributed by atoms with Gasteiger partial charge in [0.1, 0.15) is 0 Å². The van der Waals surface area contributed by atoms with Gasteiger partial charge in [-0.2, -0.15) is 0 Å². The number of carbonyl (C=O) groups excluding carboxylic acids is 1. The highest BCUT2D eigenvalue weighted by atomic mass is 79.9. The molecular weight excluding hydrogens is 338 g/mol. The number of nitrogens with one attached hydrogen (secondary N) is 1. The zero-order chi connectivity index (χ0) is 15.4. The van der Waals surface area contributed by atoms with Crippen molar-refractivity contribution in [1.29, 1.82) is 0 Å². The van der Waals surface area contributed by atoms with Crippen molar-refractivity contribution in [2.24, 2.45) is 0 Å². The minimum Gasteiger partial charge on any atom is -0.349 e. The first kappa shape index (κ1) is 15.3. The van der Waals surface area contributed by atoms with Crippen molar-refractivity contribution < 1.29 is 4.79 Å². The molecule has 3 rings (SSSR count). The van der Waals surface area contributed by atoms with E-state index in [0.29, 0.717) is 6.04 Å². The third kappa shape index (κ3) is 3.58. The molecule has 0 atom stereocenters. The zero-order valence-electron chi connectivity index (χ0n) is 12.5. The summed E-state index contributed by atoms with van der Waals surface area (Å²) in [4.78, 5) is 12.5. The quantitative estimate of drug-likeness (QED) is 0.805. The zero-order valence-corrected chi connectivity index (χ0v) is 14.1. The number of hydrogen-bond donors (Lipinski definition) is 1. The molecule has 2 aromatic rings. The summed E-state index contributed by atoms with van der Waals surface area (Å²) in [6.45, 7) is 0. The largest absolute Gasteiger partial charge is 0.349 e. The fourth-order valence-electron chi connectivity index (χ4n) is 3.04. The van der Waals surface area contributed by atoms with Crippen LogP contribution < -0.4 is 5.32 Å². The molecule has 0 spiro atoms. The molecule has 0 bridgehead atoms. The first-order chi connectivity index (χ1) is 10.7. The van der Waals surface area contributed by atoms with E-state index in [1.807, 2.05) is 42.5 Å². The molecule has 22 heavy (non-hydrogen) atoms. The number of rotatable bonds is 3. The van der Waals surface area contributed by atoms with Crippen molar-refractivity contribution in [3.63, 3.8) is 0 Å². The van der Waals surface area contributed by atoms with Crippen LogP contribution in [0.4, 0.5) is 0 Å². The minimum atomic E-state index is 0.0424. The molecule has 1 amide bonds. The summed E-state index contributed by atoms with van der Waals surface area (Å²) in [5, 5.41) is 3.18. The number of halogens is 1. The van der Waals surface area contributed by atoms with Crippen LogP contribution in [0.25, 0.3) is 11.1 Å². The monoisotopic (exact) mass is 357 g/mol. The molecule has 114 valence electrons. The summed E-state index contributed by atoms with van der Waals surface area (Å²) in [5.41, 5.74) is 2.90. The molecule has 1 fully saturated rings. The third-order valence-electron chi connectivity index (χ3n) is 4.25. The van der Waals surface area contributed by atoms with E-state index in [4.69, 9.17) is 0 Å². The summed E-state index contributed by atoms with van der Waals surface area (Å²) in [5.74, 6) is 0.0424. The summed E-state index contributed by atoms with van der Waals surface area (Å²) in [7, 11) is 0. The van der Waals surface area contributed by atoms with Crippen molar-refractivity contribution in [2.45, 2.75) is 38.1 Å². The van der Waals surface area contributed by atoms with E-state index >= 15 is 0 Å². The van der Waals surface area contributed by atoms with Crippen LogP contribution in [-0.4, -0.2) is 11.9 Å². The predicted molar refractivity (Wildman–Crippen MR) is 93.9 cm³/mol. The summed E-state index contributed by atoms with van der Waals surface area (Å²) in [6.07, 6.45) is 5.96. The van der Waals surface area contributed by atoms with Crippen LogP contribution in [0.5, 0.6) is 0 Å². The second kappa shape index (κ2) is 7.10. The van der Waals surface area contributed by atoms with Gasteiger partial charge in [-0.3, -0.25) is 4.79 Å². The molecule has 2 nitrogen and oxygen atoms in total. The van der Waals surface area contributed by atoms with Crippen LogP contribution in [0.3, 0.4) is 0 Å². The third-order valence-corrected chi connectivity index (χ3v) is 4.94. The lowest BCUT2D eigenvalue weighted by Crippen LogP contribution is -2.36. The first-order valence-electron chi connectivity index (χ1n) is 7.90. The molecule has 0 saturated heterocycles. The standard InChI is InChI=1S/C19H20BrNO/c20-18-12-5-4-11-17(18)14-7-6-8-15(13-14)19(22)21-16-9-2-1-3-10-16/h4-8,11-13,16H,1-3,9-10H2,(H,21,22). The highest BCUT2D eigenvalue weighted by molar-refractivity contribution is 9.10. The fraction of sp³-hybridized carbons (Fsp3) is 0.316. The number of benzene rings is 2. The number of amides is 1. The van der Waals surface area contributed by atoms with Gasteiger partial charge in [0.2, 0.25) is 0 Å². The van der Waals surface area contributed by atoms with E-state index in [0.717, 1.165) is 34.0 Å². The molecule has 2 aromatic carbocycles. The molecule has 1 N–H and O–H groups in total. The van der Waals surface area contributed by atoms with Crippen molar-refractivity contribution in [2.75, 3.05) is 0 Å². The van der Waals surface area contributed by atoms with Gasteiger partial charge in [0.05, 0.1) is 0 Å². The van der Waals surface area contributed by atoms with Crippen molar-refractivity contribution in [3.05, 3.63) is 58.6 Å². The van der Waals surface area contributed by atoms with Crippen LogP contribution >= 0.6 is 15.9 Å². The Morgan fingerprint density at radius 3 is 2.55 bits per heavy atom. The van der Waals surface area contributed by atoms with Crippen LogP contribution in [0, 0.1) is 0 Å². The van der Waals surface area contributed by atoms with Gasteiger partial charge >= 0.3 is 0 Å². The molecule has 1 aliphatic carbocycles. The molecule has 0 aliphatic heterocycles. The molecule has 0 aromatic heterocycles. The van der Waals surface area contributed by atoms with E-state index < -0.39 is 0 Å². The van der Waals surface area contributed by atoms with Gasteiger partial charge in [0.15, 0.2) is 0 Å². The van der Waals surface area contributed by atoms with E-state index in [9.17, 15) is 4.79 Å². The maximum Gasteiger partial charge on any atom is 0.251 e. The summed E-state index contributed by atoms with van der Waals surface area (Å²) in [6, 6.07) is 16.3.